The van der Waals surface area contributed by atoms with E-state index in [4.69, 9.17) is 0 Å². The lowest BCUT2D eigenvalue weighted by atomic mass is 10.1. The predicted molar refractivity (Wildman–Crippen MR) is 67.0 cm³/mol. The zero-order valence-corrected chi connectivity index (χ0v) is 10.8. The molecule has 1 aliphatic heterocycles. The highest BCUT2D eigenvalue weighted by atomic mass is 32.1. The zero-order valence-electron chi connectivity index (χ0n) is 9.90. The summed E-state index contributed by atoms with van der Waals surface area (Å²) in [5.41, 5.74) is 2.95. The Morgan fingerprint density at radius 1 is 1.50 bits per heavy atom. The standard InChI is InChI=1S/C11H17N3OS/c1-7-11(8(2)13(3)12-7)14-5-9(6-16)4-10(14)15/h9,16H,4-6H2,1-3H3. The number of hydrogen-bond acceptors (Lipinski definition) is 3. The van der Waals surface area contributed by atoms with Crippen LogP contribution in [0, 0.1) is 19.8 Å². The third-order valence-corrected chi connectivity index (χ3v) is 3.72. The molecule has 2 rings (SSSR count). The quantitative estimate of drug-likeness (QED) is 0.790. The molecule has 0 aromatic carbocycles. The molecular formula is C11H17N3OS. The Morgan fingerprint density at radius 2 is 2.19 bits per heavy atom. The summed E-state index contributed by atoms with van der Waals surface area (Å²) < 4.78 is 1.83. The van der Waals surface area contributed by atoms with E-state index in [-0.39, 0.29) is 5.91 Å². The van der Waals surface area contributed by atoms with Crippen LogP contribution in [-0.4, -0.2) is 28.0 Å². The number of anilines is 1. The van der Waals surface area contributed by atoms with Crippen molar-refractivity contribution in [1.29, 1.82) is 0 Å². The van der Waals surface area contributed by atoms with Gasteiger partial charge in [-0.2, -0.15) is 17.7 Å². The first-order valence-corrected chi connectivity index (χ1v) is 6.09. The summed E-state index contributed by atoms with van der Waals surface area (Å²) in [4.78, 5) is 13.8. The third-order valence-electron chi connectivity index (χ3n) is 3.20. The molecule has 1 aromatic rings. The zero-order chi connectivity index (χ0) is 11.9. The molecular weight excluding hydrogens is 222 g/mol. The maximum Gasteiger partial charge on any atom is 0.227 e. The van der Waals surface area contributed by atoms with Gasteiger partial charge in [-0.15, -0.1) is 0 Å². The Labute approximate surface area is 101 Å². The van der Waals surface area contributed by atoms with Crippen molar-refractivity contribution < 1.29 is 4.79 Å². The smallest absolute Gasteiger partial charge is 0.227 e. The van der Waals surface area contributed by atoms with Crippen molar-refractivity contribution in [1.82, 2.24) is 9.78 Å². The molecule has 5 heteroatoms. The van der Waals surface area contributed by atoms with Crippen molar-refractivity contribution in [2.45, 2.75) is 20.3 Å². The molecule has 2 heterocycles. The van der Waals surface area contributed by atoms with E-state index < -0.39 is 0 Å². The highest BCUT2D eigenvalue weighted by Gasteiger charge is 2.32. The van der Waals surface area contributed by atoms with Crippen molar-refractivity contribution in [3.05, 3.63) is 11.4 Å². The molecule has 1 aliphatic rings. The van der Waals surface area contributed by atoms with E-state index in [9.17, 15) is 4.79 Å². The minimum atomic E-state index is 0.193. The topological polar surface area (TPSA) is 38.1 Å². The lowest BCUT2D eigenvalue weighted by Crippen LogP contribution is -2.25. The van der Waals surface area contributed by atoms with E-state index in [1.165, 1.54) is 0 Å². The molecule has 0 aliphatic carbocycles. The lowest BCUT2D eigenvalue weighted by Gasteiger charge is -2.16. The molecule has 1 saturated heterocycles. The maximum atomic E-state index is 11.9. The Hall–Kier alpha value is -0.970. The summed E-state index contributed by atoms with van der Waals surface area (Å²) in [6, 6.07) is 0. The predicted octanol–water partition coefficient (Wildman–Crippen LogP) is 1.32. The summed E-state index contributed by atoms with van der Waals surface area (Å²) in [7, 11) is 1.91. The number of hydrogen-bond donors (Lipinski definition) is 1. The van der Waals surface area contributed by atoms with Gasteiger partial charge in [0.05, 0.1) is 17.1 Å². The summed E-state index contributed by atoms with van der Waals surface area (Å²) >= 11 is 4.27. The largest absolute Gasteiger partial charge is 0.309 e. The summed E-state index contributed by atoms with van der Waals surface area (Å²) in [6.07, 6.45) is 0.608. The first-order chi connectivity index (χ1) is 7.54. The SMILES string of the molecule is Cc1nn(C)c(C)c1N1CC(CS)CC1=O. The van der Waals surface area contributed by atoms with Gasteiger partial charge in [0, 0.05) is 20.0 Å². The molecule has 0 saturated carbocycles. The Bertz CT molecular complexity index is 427. The number of carbonyl (C=O) groups is 1. The van der Waals surface area contributed by atoms with Gasteiger partial charge in [0.15, 0.2) is 0 Å². The fourth-order valence-electron chi connectivity index (χ4n) is 2.27. The van der Waals surface area contributed by atoms with Gasteiger partial charge in [-0.1, -0.05) is 0 Å². The number of nitrogens with zero attached hydrogens (tertiary/aromatic N) is 3. The van der Waals surface area contributed by atoms with Crippen LogP contribution in [0.5, 0.6) is 0 Å². The number of amides is 1. The van der Waals surface area contributed by atoms with Gasteiger partial charge in [-0.3, -0.25) is 9.48 Å². The van der Waals surface area contributed by atoms with Crippen LogP contribution >= 0.6 is 12.6 Å². The number of aryl methyl sites for hydroxylation is 2. The third kappa shape index (κ3) is 1.73. The van der Waals surface area contributed by atoms with E-state index >= 15 is 0 Å². The summed E-state index contributed by atoms with van der Waals surface area (Å²) in [5, 5.41) is 4.34. The molecule has 4 nitrogen and oxygen atoms in total. The second-order valence-electron chi connectivity index (χ2n) is 4.40. The molecule has 16 heavy (non-hydrogen) atoms. The first-order valence-electron chi connectivity index (χ1n) is 5.46. The van der Waals surface area contributed by atoms with E-state index in [1.54, 1.807) is 0 Å². The summed E-state index contributed by atoms with van der Waals surface area (Å²) in [6.45, 7) is 4.72. The van der Waals surface area contributed by atoms with Crippen molar-refractivity contribution in [3.8, 4) is 0 Å². The van der Waals surface area contributed by atoms with Crippen molar-refractivity contribution >= 4 is 24.2 Å². The van der Waals surface area contributed by atoms with Crippen LogP contribution in [0.3, 0.4) is 0 Å². The van der Waals surface area contributed by atoms with Crippen molar-refractivity contribution in [3.63, 3.8) is 0 Å². The normalized spacial score (nSPS) is 20.9. The van der Waals surface area contributed by atoms with Gasteiger partial charge in [-0.25, -0.2) is 0 Å². The summed E-state index contributed by atoms with van der Waals surface area (Å²) in [5.74, 6) is 1.33. The molecule has 0 spiro atoms. The molecule has 1 unspecified atom stereocenters. The maximum absolute atomic E-state index is 11.9. The number of rotatable bonds is 2. The van der Waals surface area contributed by atoms with Crippen LogP contribution in [-0.2, 0) is 11.8 Å². The van der Waals surface area contributed by atoms with E-state index in [0.29, 0.717) is 12.3 Å². The van der Waals surface area contributed by atoms with Gasteiger partial charge >= 0.3 is 0 Å². The Morgan fingerprint density at radius 3 is 2.62 bits per heavy atom. The average Bonchev–Trinajstić information content (AvgIpc) is 2.70. The molecule has 1 atom stereocenters. The molecule has 1 fully saturated rings. The van der Waals surface area contributed by atoms with Gasteiger partial charge in [0.2, 0.25) is 5.91 Å². The van der Waals surface area contributed by atoms with Gasteiger partial charge < -0.3 is 4.90 Å². The Kier molecular flexibility index (Phi) is 2.97. The van der Waals surface area contributed by atoms with Crippen molar-refractivity contribution in [2.75, 3.05) is 17.2 Å². The van der Waals surface area contributed by atoms with Gasteiger partial charge in [-0.05, 0) is 25.5 Å². The van der Waals surface area contributed by atoms with Gasteiger partial charge in [0.1, 0.15) is 0 Å². The first kappa shape index (κ1) is 11.5. The molecule has 0 radical (unpaired) electrons. The van der Waals surface area contributed by atoms with Crippen LogP contribution in [0.4, 0.5) is 5.69 Å². The number of carbonyl (C=O) groups excluding carboxylic acids is 1. The fourth-order valence-corrected chi connectivity index (χ4v) is 2.52. The van der Waals surface area contributed by atoms with Crippen LogP contribution in [0.1, 0.15) is 17.8 Å². The van der Waals surface area contributed by atoms with E-state index in [1.807, 2.05) is 30.5 Å². The number of thiol groups is 1. The molecule has 88 valence electrons. The second-order valence-corrected chi connectivity index (χ2v) is 4.77. The van der Waals surface area contributed by atoms with Gasteiger partial charge in [0.25, 0.3) is 0 Å². The van der Waals surface area contributed by atoms with Crippen LogP contribution in [0.25, 0.3) is 0 Å². The van der Waals surface area contributed by atoms with Crippen LogP contribution in [0.15, 0.2) is 0 Å². The monoisotopic (exact) mass is 239 g/mol. The molecule has 0 bridgehead atoms. The van der Waals surface area contributed by atoms with Crippen LogP contribution < -0.4 is 4.90 Å². The van der Waals surface area contributed by atoms with Crippen LogP contribution in [0.2, 0.25) is 0 Å². The van der Waals surface area contributed by atoms with E-state index in [2.05, 4.69) is 17.7 Å². The average molecular weight is 239 g/mol. The minimum Gasteiger partial charge on any atom is -0.309 e. The second kappa shape index (κ2) is 4.13. The molecule has 1 amide bonds. The minimum absolute atomic E-state index is 0.193. The number of aromatic nitrogens is 2. The highest BCUT2D eigenvalue weighted by Crippen LogP contribution is 2.30. The molecule has 1 aromatic heterocycles. The highest BCUT2D eigenvalue weighted by molar-refractivity contribution is 7.80. The fraction of sp³-hybridized carbons (Fsp3) is 0.636. The van der Waals surface area contributed by atoms with Crippen molar-refractivity contribution in [2.24, 2.45) is 13.0 Å². The molecule has 0 N–H and O–H groups in total. The lowest BCUT2D eigenvalue weighted by molar-refractivity contribution is -0.117. The Balaban J connectivity index is 2.34. The van der Waals surface area contributed by atoms with E-state index in [0.717, 1.165) is 29.4 Å².